The SMILES string of the molecule is COc1c(O)cccc1C1SC(c2ccc(F)cc2)=NN1C(=O)c1c(F)cc(F)cc1F. The first-order valence-electron chi connectivity index (χ1n) is 9.15. The maximum Gasteiger partial charge on any atom is 0.281 e. The lowest BCUT2D eigenvalue weighted by atomic mass is 10.1. The van der Waals surface area contributed by atoms with Crippen LogP contribution in [0.5, 0.6) is 11.5 Å². The van der Waals surface area contributed by atoms with Gasteiger partial charge in [0, 0.05) is 23.3 Å². The first-order valence-corrected chi connectivity index (χ1v) is 10.0. The predicted molar refractivity (Wildman–Crippen MR) is 110 cm³/mol. The Hall–Kier alpha value is -3.53. The minimum absolute atomic E-state index is 0.0402. The number of thioether (sulfide) groups is 1. The first-order chi connectivity index (χ1) is 15.3. The Morgan fingerprint density at radius 2 is 1.69 bits per heavy atom. The van der Waals surface area contributed by atoms with Crippen molar-refractivity contribution in [3.8, 4) is 11.5 Å². The monoisotopic (exact) mass is 462 g/mol. The van der Waals surface area contributed by atoms with Crippen LogP contribution in [0, 0.1) is 23.3 Å². The first kappa shape index (κ1) is 21.7. The van der Waals surface area contributed by atoms with Gasteiger partial charge in [-0.1, -0.05) is 23.9 Å². The summed E-state index contributed by atoms with van der Waals surface area (Å²) in [7, 11) is 1.31. The Labute approximate surface area is 183 Å². The number of methoxy groups -OCH3 is 1. The lowest BCUT2D eigenvalue weighted by molar-refractivity contribution is 0.0737. The van der Waals surface area contributed by atoms with E-state index in [1.807, 2.05) is 0 Å². The second-order valence-electron chi connectivity index (χ2n) is 6.68. The number of hydrogen-bond donors (Lipinski definition) is 1. The quantitative estimate of drug-likeness (QED) is 0.541. The molecule has 1 aliphatic rings. The van der Waals surface area contributed by atoms with Crippen LogP contribution in [-0.2, 0) is 0 Å². The number of para-hydroxylation sites is 1. The standard InChI is InChI=1S/C22H14F4N2O3S/c1-31-19-14(3-2-4-17(19)29)22-28(21(30)18-15(25)9-13(24)10-16(18)26)27-20(32-22)11-5-7-12(23)8-6-11/h2-10,22,29H,1H3. The van der Waals surface area contributed by atoms with Crippen LogP contribution >= 0.6 is 11.8 Å². The smallest absolute Gasteiger partial charge is 0.281 e. The van der Waals surface area contributed by atoms with Gasteiger partial charge in [0.1, 0.15) is 39.2 Å². The number of benzene rings is 3. The molecule has 164 valence electrons. The van der Waals surface area contributed by atoms with E-state index in [9.17, 15) is 27.5 Å². The molecule has 0 radical (unpaired) electrons. The van der Waals surface area contributed by atoms with Crippen molar-refractivity contribution in [3.63, 3.8) is 0 Å². The molecule has 0 aromatic heterocycles. The van der Waals surface area contributed by atoms with E-state index in [0.29, 0.717) is 23.3 Å². The number of carbonyl (C=O) groups is 1. The van der Waals surface area contributed by atoms with E-state index in [1.54, 1.807) is 6.07 Å². The predicted octanol–water partition coefficient (Wildman–Crippen LogP) is 5.21. The molecule has 0 bridgehead atoms. The summed E-state index contributed by atoms with van der Waals surface area (Å²) in [5, 5.41) is 14.4. The zero-order chi connectivity index (χ0) is 23.0. The molecular formula is C22H14F4N2O3S. The van der Waals surface area contributed by atoms with E-state index < -0.39 is 40.1 Å². The molecule has 1 unspecified atom stereocenters. The van der Waals surface area contributed by atoms with Crippen LogP contribution in [-0.4, -0.2) is 28.2 Å². The topological polar surface area (TPSA) is 62.1 Å². The summed E-state index contributed by atoms with van der Waals surface area (Å²) in [6.07, 6.45) is 0. The number of ether oxygens (including phenoxy) is 1. The highest BCUT2D eigenvalue weighted by atomic mass is 32.2. The van der Waals surface area contributed by atoms with E-state index in [-0.39, 0.29) is 16.5 Å². The minimum Gasteiger partial charge on any atom is -0.504 e. The highest BCUT2D eigenvalue weighted by molar-refractivity contribution is 8.14. The average molecular weight is 462 g/mol. The molecule has 1 aliphatic heterocycles. The molecule has 0 spiro atoms. The second kappa shape index (κ2) is 8.54. The molecule has 1 N–H and O–H groups in total. The third-order valence-corrected chi connectivity index (χ3v) is 5.88. The van der Waals surface area contributed by atoms with Crippen LogP contribution in [0.25, 0.3) is 0 Å². The van der Waals surface area contributed by atoms with Gasteiger partial charge in [-0.05, 0) is 30.3 Å². The maximum atomic E-state index is 14.3. The summed E-state index contributed by atoms with van der Waals surface area (Å²) in [5.41, 5.74) is -0.231. The number of aromatic hydroxyl groups is 1. The van der Waals surface area contributed by atoms with Gasteiger partial charge in [-0.3, -0.25) is 4.79 Å². The summed E-state index contributed by atoms with van der Waals surface area (Å²) in [4.78, 5) is 13.1. The van der Waals surface area contributed by atoms with Crippen molar-refractivity contribution in [2.24, 2.45) is 5.10 Å². The van der Waals surface area contributed by atoms with Crippen LogP contribution in [0.15, 0.2) is 59.7 Å². The van der Waals surface area contributed by atoms with Crippen LogP contribution in [0.1, 0.15) is 26.9 Å². The summed E-state index contributed by atoms with van der Waals surface area (Å²) in [5.74, 6) is -5.76. The number of amides is 1. The summed E-state index contributed by atoms with van der Waals surface area (Å²) in [6, 6.07) is 10.5. The van der Waals surface area contributed by atoms with Crippen molar-refractivity contribution in [1.29, 1.82) is 0 Å². The number of phenols is 1. The Balaban J connectivity index is 1.84. The average Bonchev–Trinajstić information content (AvgIpc) is 3.18. The van der Waals surface area contributed by atoms with Crippen molar-refractivity contribution in [2.45, 2.75) is 5.37 Å². The zero-order valence-electron chi connectivity index (χ0n) is 16.4. The number of phenolic OH excluding ortho intramolecular Hbond substituents is 1. The molecule has 32 heavy (non-hydrogen) atoms. The number of rotatable bonds is 4. The summed E-state index contributed by atoms with van der Waals surface area (Å²) >= 11 is 1.03. The van der Waals surface area contributed by atoms with Gasteiger partial charge >= 0.3 is 0 Å². The van der Waals surface area contributed by atoms with E-state index in [0.717, 1.165) is 16.8 Å². The highest BCUT2D eigenvalue weighted by Crippen LogP contribution is 2.47. The molecule has 1 atom stereocenters. The summed E-state index contributed by atoms with van der Waals surface area (Å²) < 4.78 is 60.6. The Kier molecular flexibility index (Phi) is 5.79. The van der Waals surface area contributed by atoms with Gasteiger partial charge in [0.15, 0.2) is 11.5 Å². The van der Waals surface area contributed by atoms with E-state index in [2.05, 4.69) is 5.10 Å². The fourth-order valence-corrected chi connectivity index (χ4v) is 4.39. The molecule has 10 heteroatoms. The Morgan fingerprint density at radius 1 is 1.03 bits per heavy atom. The van der Waals surface area contributed by atoms with Gasteiger partial charge < -0.3 is 9.84 Å². The molecule has 0 saturated heterocycles. The fourth-order valence-electron chi connectivity index (χ4n) is 3.22. The minimum atomic E-state index is -1.38. The third-order valence-electron chi connectivity index (χ3n) is 4.66. The van der Waals surface area contributed by atoms with Crippen LogP contribution in [0.4, 0.5) is 17.6 Å². The van der Waals surface area contributed by atoms with Crippen molar-refractivity contribution in [3.05, 3.63) is 94.6 Å². The number of hydrazone groups is 1. The van der Waals surface area contributed by atoms with Gasteiger partial charge in [0.25, 0.3) is 5.91 Å². The van der Waals surface area contributed by atoms with E-state index in [1.165, 1.54) is 43.5 Å². The van der Waals surface area contributed by atoms with Gasteiger partial charge in [0.2, 0.25) is 0 Å². The van der Waals surface area contributed by atoms with Crippen molar-refractivity contribution >= 4 is 22.7 Å². The highest BCUT2D eigenvalue weighted by Gasteiger charge is 2.38. The van der Waals surface area contributed by atoms with E-state index in [4.69, 9.17) is 4.74 Å². The molecule has 1 heterocycles. The largest absolute Gasteiger partial charge is 0.504 e. The zero-order valence-corrected chi connectivity index (χ0v) is 17.2. The van der Waals surface area contributed by atoms with Crippen molar-refractivity contribution in [2.75, 3.05) is 7.11 Å². The Bertz CT molecular complexity index is 1210. The van der Waals surface area contributed by atoms with Gasteiger partial charge in [-0.2, -0.15) is 5.10 Å². The molecule has 0 saturated carbocycles. The number of carbonyl (C=O) groups excluding carboxylic acids is 1. The van der Waals surface area contributed by atoms with Crippen molar-refractivity contribution < 1.29 is 32.2 Å². The molecule has 0 aliphatic carbocycles. The van der Waals surface area contributed by atoms with Crippen LogP contribution < -0.4 is 4.74 Å². The summed E-state index contributed by atoms with van der Waals surface area (Å²) in [6.45, 7) is 0. The lowest BCUT2D eigenvalue weighted by Gasteiger charge is -2.23. The van der Waals surface area contributed by atoms with Gasteiger partial charge in [-0.15, -0.1) is 0 Å². The number of halogens is 4. The Morgan fingerprint density at radius 3 is 2.31 bits per heavy atom. The molecule has 3 aromatic carbocycles. The fraction of sp³-hybridized carbons (Fsp3) is 0.0909. The van der Waals surface area contributed by atoms with Gasteiger partial charge in [0.05, 0.1) is 7.11 Å². The molecule has 5 nitrogen and oxygen atoms in total. The van der Waals surface area contributed by atoms with Crippen molar-refractivity contribution in [1.82, 2.24) is 5.01 Å². The third kappa shape index (κ3) is 3.89. The molecular weight excluding hydrogens is 448 g/mol. The van der Waals surface area contributed by atoms with Gasteiger partial charge in [-0.25, -0.2) is 22.6 Å². The lowest BCUT2D eigenvalue weighted by Crippen LogP contribution is -2.28. The van der Waals surface area contributed by atoms with Crippen LogP contribution in [0.2, 0.25) is 0 Å². The molecule has 0 fully saturated rings. The second-order valence-corrected chi connectivity index (χ2v) is 7.74. The normalized spacial score (nSPS) is 15.6. The molecule has 1 amide bonds. The molecule has 3 aromatic rings. The molecule has 4 rings (SSSR count). The maximum absolute atomic E-state index is 14.3. The number of nitrogens with zero attached hydrogens (tertiary/aromatic N) is 2. The van der Waals surface area contributed by atoms with E-state index >= 15 is 0 Å². The number of hydrogen-bond acceptors (Lipinski definition) is 5. The van der Waals surface area contributed by atoms with Crippen LogP contribution in [0.3, 0.4) is 0 Å².